The van der Waals surface area contributed by atoms with E-state index < -0.39 is 0 Å². The fourth-order valence-electron chi connectivity index (χ4n) is 1.49. The third-order valence-electron chi connectivity index (χ3n) is 2.08. The number of nitrogens with two attached hydrogens (primary N) is 1. The predicted molar refractivity (Wildman–Crippen MR) is 50.4 cm³/mol. The SMILES string of the molecule is COc1cc(Cl)cc2c1C(N)CO2. The largest absolute Gasteiger partial charge is 0.496 e. The Balaban J connectivity index is 2.57. The van der Waals surface area contributed by atoms with Gasteiger partial charge in [-0.25, -0.2) is 0 Å². The van der Waals surface area contributed by atoms with Crippen molar-refractivity contribution in [2.45, 2.75) is 6.04 Å². The number of hydrogen-bond donors (Lipinski definition) is 1. The van der Waals surface area contributed by atoms with Crippen molar-refractivity contribution in [2.24, 2.45) is 5.73 Å². The third kappa shape index (κ3) is 1.34. The smallest absolute Gasteiger partial charge is 0.129 e. The van der Waals surface area contributed by atoms with Gasteiger partial charge in [-0.3, -0.25) is 0 Å². The van der Waals surface area contributed by atoms with E-state index in [2.05, 4.69) is 0 Å². The lowest BCUT2D eigenvalue weighted by Crippen LogP contribution is -2.11. The molecule has 2 rings (SSSR count). The average molecular weight is 200 g/mol. The van der Waals surface area contributed by atoms with Gasteiger partial charge in [0.2, 0.25) is 0 Å². The van der Waals surface area contributed by atoms with Crippen molar-refractivity contribution in [1.29, 1.82) is 0 Å². The van der Waals surface area contributed by atoms with Gasteiger partial charge in [0.25, 0.3) is 0 Å². The van der Waals surface area contributed by atoms with Gasteiger partial charge in [-0.2, -0.15) is 0 Å². The monoisotopic (exact) mass is 199 g/mol. The molecule has 0 saturated heterocycles. The molecule has 0 aromatic heterocycles. The van der Waals surface area contributed by atoms with Crippen LogP contribution < -0.4 is 15.2 Å². The Hall–Kier alpha value is -0.930. The molecule has 0 spiro atoms. The minimum absolute atomic E-state index is 0.109. The number of ether oxygens (including phenoxy) is 2. The summed E-state index contributed by atoms with van der Waals surface area (Å²) in [5.41, 5.74) is 6.73. The van der Waals surface area contributed by atoms with Crippen LogP contribution in [0, 0.1) is 0 Å². The molecule has 13 heavy (non-hydrogen) atoms. The first-order valence-corrected chi connectivity index (χ1v) is 4.36. The number of benzene rings is 1. The van der Waals surface area contributed by atoms with Crippen molar-refractivity contribution in [3.05, 3.63) is 22.7 Å². The Morgan fingerprint density at radius 3 is 3.08 bits per heavy atom. The van der Waals surface area contributed by atoms with Crippen molar-refractivity contribution in [1.82, 2.24) is 0 Å². The number of rotatable bonds is 1. The van der Waals surface area contributed by atoms with E-state index in [4.69, 9.17) is 26.8 Å². The van der Waals surface area contributed by atoms with Crippen molar-refractivity contribution < 1.29 is 9.47 Å². The molecule has 1 aliphatic heterocycles. The normalized spacial score (nSPS) is 19.5. The van der Waals surface area contributed by atoms with Crippen LogP contribution in [0.4, 0.5) is 0 Å². The first kappa shape index (κ1) is 8.66. The fraction of sp³-hybridized carbons (Fsp3) is 0.333. The minimum atomic E-state index is -0.109. The summed E-state index contributed by atoms with van der Waals surface area (Å²) >= 11 is 5.85. The zero-order valence-corrected chi connectivity index (χ0v) is 7.97. The topological polar surface area (TPSA) is 44.5 Å². The number of hydrogen-bond acceptors (Lipinski definition) is 3. The summed E-state index contributed by atoms with van der Waals surface area (Å²) in [6.45, 7) is 0.492. The molecule has 3 nitrogen and oxygen atoms in total. The van der Waals surface area contributed by atoms with Gasteiger partial charge < -0.3 is 15.2 Å². The van der Waals surface area contributed by atoms with Gasteiger partial charge in [0.15, 0.2) is 0 Å². The van der Waals surface area contributed by atoms with Crippen LogP contribution in [-0.4, -0.2) is 13.7 Å². The molecule has 1 aliphatic rings. The maximum atomic E-state index is 5.85. The van der Waals surface area contributed by atoms with Gasteiger partial charge in [-0.05, 0) is 12.1 Å². The number of halogens is 1. The Morgan fingerprint density at radius 2 is 2.38 bits per heavy atom. The molecule has 4 heteroatoms. The second-order valence-electron chi connectivity index (χ2n) is 2.94. The molecule has 0 fully saturated rings. The predicted octanol–water partition coefficient (Wildman–Crippen LogP) is 1.74. The van der Waals surface area contributed by atoms with Gasteiger partial charge in [0, 0.05) is 5.02 Å². The van der Waals surface area contributed by atoms with Crippen LogP contribution in [0.1, 0.15) is 11.6 Å². The van der Waals surface area contributed by atoms with E-state index in [-0.39, 0.29) is 6.04 Å². The van der Waals surface area contributed by atoms with Crippen molar-refractivity contribution in [3.63, 3.8) is 0 Å². The summed E-state index contributed by atoms with van der Waals surface area (Å²) in [4.78, 5) is 0. The van der Waals surface area contributed by atoms with Gasteiger partial charge in [-0.1, -0.05) is 11.6 Å². The number of fused-ring (bicyclic) bond motifs is 1. The summed E-state index contributed by atoms with van der Waals surface area (Å²) in [5, 5.41) is 0.602. The second kappa shape index (κ2) is 3.09. The molecule has 1 aromatic carbocycles. The Kier molecular flexibility index (Phi) is 2.06. The molecule has 70 valence electrons. The molecule has 1 unspecified atom stereocenters. The fourth-order valence-corrected chi connectivity index (χ4v) is 1.68. The first-order valence-electron chi connectivity index (χ1n) is 3.98. The molecule has 1 atom stereocenters. The van der Waals surface area contributed by atoms with Crippen molar-refractivity contribution in [2.75, 3.05) is 13.7 Å². The molecule has 0 amide bonds. The van der Waals surface area contributed by atoms with Crippen LogP contribution in [-0.2, 0) is 0 Å². The van der Waals surface area contributed by atoms with E-state index in [1.54, 1.807) is 19.2 Å². The molecule has 1 aromatic rings. The van der Waals surface area contributed by atoms with Crippen LogP contribution in [0.2, 0.25) is 5.02 Å². The summed E-state index contributed by atoms with van der Waals surface area (Å²) in [5.74, 6) is 1.43. The first-order chi connectivity index (χ1) is 6.22. The third-order valence-corrected chi connectivity index (χ3v) is 2.30. The average Bonchev–Trinajstić information content (AvgIpc) is 2.46. The van der Waals surface area contributed by atoms with Crippen LogP contribution in [0.25, 0.3) is 0 Å². The highest BCUT2D eigenvalue weighted by atomic mass is 35.5. The Morgan fingerprint density at radius 1 is 1.62 bits per heavy atom. The van der Waals surface area contributed by atoms with E-state index in [1.165, 1.54) is 0 Å². The zero-order valence-electron chi connectivity index (χ0n) is 7.21. The Bertz CT molecular complexity index is 341. The van der Waals surface area contributed by atoms with Crippen molar-refractivity contribution >= 4 is 11.6 Å². The second-order valence-corrected chi connectivity index (χ2v) is 3.37. The number of methoxy groups -OCH3 is 1. The van der Waals surface area contributed by atoms with Gasteiger partial charge in [-0.15, -0.1) is 0 Å². The standard InChI is InChI=1S/C9H10ClNO2/c1-12-7-2-5(10)3-8-9(7)6(11)4-13-8/h2-3,6H,4,11H2,1H3. The summed E-state index contributed by atoms with van der Waals surface area (Å²) in [7, 11) is 1.59. The molecular formula is C9H10ClNO2. The summed E-state index contributed by atoms with van der Waals surface area (Å²) in [6.07, 6.45) is 0. The van der Waals surface area contributed by atoms with E-state index in [0.29, 0.717) is 17.4 Å². The quantitative estimate of drug-likeness (QED) is 0.750. The highest BCUT2D eigenvalue weighted by Gasteiger charge is 2.25. The highest BCUT2D eigenvalue weighted by molar-refractivity contribution is 6.30. The van der Waals surface area contributed by atoms with Crippen LogP contribution in [0.5, 0.6) is 11.5 Å². The lowest BCUT2D eigenvalue weighted by Gasteiger charge is -2.08. The van der Waals surface area contributed by atoms with E-state index >= 15 is 0 Å². The molecule has 0 bridgehead atoms. The van der Waals surface area contributed by atoms with Crippen LogP contribution in [0.3, 0.4) is 0 Å². The zero-order chi connectivity index (χ0) is 9.42. The highest BCUT2D eigenvalue weighted by Crippen LogP contribution is 2.40. The maximum Gasteiger partial charge on any atom is 0.129 e. The van der Waals surface area contributed by atoms with Gasteiger partial charge in [0.05, 0.1) is 18.7 Å². The molecular weight excluding hydrogens is 190 g/mol. The van der Waals surface area contributed by atoms with Gasteiger partial charge in [0.1, 0.15) is 18.1 Å². The lowest BCUT2D eigenvalue weighted by molar-refractivity contribution is 0.333. The van der Waals surface area contributed by atoms with Gasteiger partial charge >= 0.3 is 0 Å². The molecule has 2 N–H and O–H groups in total. The Labute approximate surface area is 81.4 Å². The molecule has 0 radical (unpaired) electrons. The molecule has 0 aliphatic carbocycles. The molecule has 0 saturated carbocycles. The van der Waals surface area contributed by atoms with E-state index in [1.807, 2.05) is 0 Å². The van der Waals surface area contributed by atoms with Crippen LogP contribution >= 0.6 is 11.6 Å². The summed E-state index contributed by atoms with van der Waals surface area (Å²) < 4.78 is 10.5. The van der Waals surface area contributed by atoms with Crippen molar-refractivity contribution in [3.8, 4) is 11.5 Å². The maximum absolute atomic E-state index is 5.85. The van der Waals surface area contributed by atoms with Crippen LogP contribution in [0.15, 0.2) is 12.1 Å². The van der Waals surface area contributed by atoms with E-state index in [9.17, 15) is 0 Å². The summed E-state index contributed by atoms with van der Waals surface area (Å²) in [6, 6.07) is 3.39. The lowest BCUT2D eigenvalue weighted by atomic mass is 10.1. The molecule has 1 heterocycles. The minimum Gasteiger partial charge on any atom is -0.496 e. The van der Waals surface area contributed by atoms with E-state index in [0.717, 1.165) is 11.3 Å².